The van der Waals surface area contributed by atoms with Crippen LogP contribution in [0.3, 0.4) is 0 Å². The van der Waals surface area contributed by atoms with E-state index < -0.39 is 0 Å². The van der Waals surface area contributed by atoms with E-state index in [1.807, 2.05) is 30.3 Å². The number of methoxy groups -OCH3 is 1. The fraction of sp³-hybridized carbons (Fsp3) is 0.435. The van der Waals surface area contributed by atoms with E-state index in [2.05, 4.69) is 33.8 Å². The first-order valence-electron chi connectivity index (χ1n) is 10.1. The van der Waals surface area contributed by atoms with Gasteiger partial charge in [0.15, 0.2) is 5.96 Å². The van der Waals surface area contributed by atoms with E-state index in [1.165, 1.54) is 11.1 Å². The third-order valence-corrected chi connectivity index (χ3v) is 5.80. The lowest BCUT2D eigenvalue weighted by Crippen LogP contribution is -2.48. The minimum Gasteiger partial charge on any atom is -0.497 e. The van der Waals surface area contributed by atoms with Crippen molar-refractivity contribution in [3.05, 3.63) is 64.7 Å². The fourth-order valence-electron chi connectivity index (χ4n) is 3.77. The minimum atomic E-state index is 0. The van der Waals surface area contributed by atoms with Gasteiger partial charge in [0.05, 0.1) is 7.11 Å². The summed E-state index contributed by atoms with van der Waals surface area (Å²) < 4.78 is 11.0. The van der Waals surface area contributed by atoms with Crippen LogP contribution < -0.4 is 15.4 Å². The van der Waals surface area contributed by atoms with E-state index in [9.17, 15) is 0 Å². The molecule has 0 aliphatic carbocycles. The Balaban J connectivity index is 0.00000320. The van der Waals surface area contributed by atoms with Crippen molar-refractivity contribution in [2.45, 2.75) is 24.7 Å². The Hall–Kier alpha value is -1.51. The highest BCUT2D eigenvalue weighted by molar-refractivity contribution is 14.0. The zero-order chi connectivity index (χ0) is 20.5. The quantitative estimate of drug-likeness (QED) is 0.308. The van der Waals surface area contributed by atoms with Crippen molar-refractivity contribution < 1.29 is 9.47 Å². The van der Waals surface area contributed by atoms with Crippen molar-refractivity contribution in [2.24, 2.45) is 4.99 Å². The predicted molar refractivity (Wildman–Crippen MR) is 135 cm³/mol. The Labute approximate surface area is 201 Å². The lowest BCUT2D eigenvalue weighted by Gasteiger charge is -2.38. The SMILES string of the molecule is CN=C(NCCc1cccc(Cl)c1)NCC1(c2ccc(OC)cc2)CCOCC1.I. The van der Waals surface area contributed by atoms with Gasteiger partial charge < -0.3 is 20.1 Å². The van der Waals surface area contributed by atoms with Crippen molar-refractivity contribution in [2.75, 3.05) is 40.5 Å². The third kappa shape index (κ3) is 6.75. The van der Waals surface area contributed by atoms with Gasteiger partial charge in [-0.1, -0.05) is 35.9 Å². The summed E-state index contributed by atoms with van der Waals surface area (Å²) >= 11 is 6.07. The van der Waals surface area contributed by atoms with Crippen LogP contribution in [0.25, 0.3) is 0 Å². The third-order valence-electron chi connectivity index (χ3n) is 5.57. The van der Waals surface area contributed by atoms with Gasteiger partial charge in [0.2, 0.25) is 0 Å². The normalized spacial score (nSPS) is 15.8. The second-order valence-corrected chi connectivity index (χ2v) is 7.79. The van der Waals surface area contributed by atoms with E-state index in [-0.39, 0.29) is 29.4 Å². The molecular weight excluding hydrogens is 513 g/mol. The van der Waals surface area contributed by atoms with Crippen molar-refractivity contribution >= 4 is 41.5 Å². The number of guanidine groups is 1. The van der Waals surface area contributed by atoms with Gasteiger partial charge in [-0.2, -0.15) is 0 Å². The van der Waals surface area contributed by atoms with Crippen LogP contribution in [0.4, 0.5) is 0 Å². The van der Waals surface area contributed by atoms with Crippen LogP contribution in [0.5, 0.6) is 5.75 Å². The standard InChI is InChI=1S/C23H30ClN3O2.HI/c1-25-22(26-13-10-18-4-3-5-20(24)16-18)27-17-23(11-14-29-15-12-23)19-6-8-21(28-2)9-7-19;/h3-9,16H,10-15,17H2,1-2H3,(H2,25,26,27);1H. The number of aliphatic imine (C=N–C) groups is 1. The minimum absolute atomic E-state index is 0. The Kier molecular flexibility index (Phi) is 10.2. The molecule has 0 radical (unpaired) electrons. The van der Waals surface area contributed by atoms with Gasteiger partial charge in [0, 0.05) is 43.8 Å². The number of rotatable bonds is 7. The molecule has 1 heterocycles. The molecule has 0 spiro atoms. The monoisotopic (exact) mass is 543 g/mol. The topological polar surface area (TPSA) is 54.9 Å². The maximum Gasteiger partial charge on any atom is 0.191 e. The van der Waals surface area contributed by atoms with Crippen LogP contribution in [0.15, 0.2) is 53.5 Å². The van der Waals surface area contributed by atoms with Gasteiger partial charge in [-0.15, -0.1) is 24.0 Å². The molecule has 1 saturated heterocycles. The first-order valence-corrected chi connectivity index (χ1v) is 10.4. The molecule has 3 rings (SSSR count). The molecule has 2 N–H and O–H groups in total. The zero-order valence-corrected chi connectivity index (χ0v) is 20.7. The van der Waals surface area contributed by atoms with E-state index in [0.717, 1.165) is 62.3 Å². The van der Waals surface area contributed by atoms with E-state index in [4.69, 9.17) is 21.1 Å². The number of nitrogens with one attached hydrogen (secondary N) is 2. The molecule has 1 aliphatic heterocycles. The molecule has 0 bridgehead atoms. The van der Waals surface area contributed by atoms with Gasteiger partial charge in [0.1, 0.15) is 5.75 Å². The Morgan fingerprint density at radius 3 is 2.50 bits per heavy atom. The van der Waals surface area contributed by atoms with Crippen LogP contribution in [-0.2, 0) is 16.6 Å². The molecule has 2 aromatic rings. The highest BCUT2D eigenvalue weighted by Gasteiger charge is 2.34. The molecule has 0 amide bonds. The molecule has 0 atom stereocenters. The number of hydrogen-bond donors (Lipinski definition) is 2. The zero-order valence-electron chi connectivity index (χ0n) is 17.6. The fourth-order valence-corrected chi connectivity index (χ4v) is 3.98. The predicted octanol–water partition coefficient (Wildman–Crippen LogP) is 4.42. The summed E-state index contributed by atoms with van der Waals surface area (Å²) in [5.74, 6) is 1.69. The Bertz CT molecular complexity index is 808. The highest BCUT2D eigenvalue weighted by atomic mass is 127. The van der Waals surface area contributed by atoms with Gasteiger partial charge in [-0.05, 0) is 54.7 Å². The van der Waals surface area contributed by atoms with E-state index >= 15 is 0 Å². The molecule has 0 saturated carbocycles. The van der Waals surface area contributed by atoms with Crippen LogP contribution >= 0.6 is 35.6 Å². The van der Waals surface area contributed by atoms with Crippen molar-refractivity contribution in [1.82, 2.24) is 10.6 Å². The lowest BCUT2D eigenvalue weighted by atomic mass is 9.74. The first-order chi connectivity index (χ1) is 14.1. The summed E-state index contributed by atoms with van der Waals surface area (Å²) in [6.07, 6.45) is 2.84. The summed E-state index contributed by atoms with van der Waals surface area (Å²) in [5, 5.41) is 7.71. The number of ether oxygens (including phenoxy) is 2. The van der Waals surface area contributed by atoms with Crippen LogP contribution in [0.2, 0.25) is 5.02 Å². The van der Waals surface area contributed by atoms with Crippen molar-refractivity contribution in [3.8, 4) is 5.75 Å². The average Bonchev–Trinajstić information content (AvgIpc) is 2.77. The summed E-state index contributed by atoms with van der Waals surface area (Å²) in [7, 11) is 3.50. The molecule has 30 heavy (non-hydrogen) atoms. The summed E-state index contributed by atoms with van der Waals surface area (Å²) in [4.78, 5) is 4.39. The number of halogens is 2. The van der Waals surface area contributed by atoms with Gasteiger partial charge in [0.25, 0.3) is 0 Å². The number of nitrogens with zero attached hydrogens (tertiary/aromatic N) is 1. The van der Waals surface area contributed by atoms with E-state index in [1.54, 1.807) is 14.2 Å². The van der Waals surface area contributed by atoms with Crippen molar-refractivity contribution in [1.29, 1.82) is 0 Å². The molecule has 2 aromatic carbocycles. The first kappa shape index (κ1) is 24.8. The van der Waals surface area contributed by atoms with Gasteiger partial charge in [-0.25, -0.2) is 0 Å². The summed E-state index contributed by atoms with van der Waals surface area (Å²) in [6.45, 7) is 3.14. The van der Waals surface area contributed by atoms with Crippen LogP contribution in [-0.4, -0.2) is 46.4 Å². The molecular formula is C23H31ClIN3O2. The maximum absolute atomic E-state index is 6.07. The lowest BCUT2D eigenvalue weighted by molar-refractivity contribution is 0.0513. The maximum atomic E-state index is 6.07. The average molecular weight is 544 g/mol. The second-order valence-electron chi connectivity index (χ2n) is 7.35. The van der Waals surface area contributed by atoms with Crippen molar-refractivity contribution in [3.63, 3.8) is 0 Å². The van der Waals surface area contributed by atoms with Gasteiger partial charge in [-0.3, -0.25) is 4.99 Å². The Morgan fingerprint density at radius 2 is 1.87 bits per heavy atom. The second kappa shape index (κ2) is 12.4. The summed E-state index contributed by atoms with van der Waals surface area (Å²) in [5.41, 5.74) is 2.54. The molecule has 5 nitrogen and oxygen atoms in total. The molecule has 0 unspecified atom stereocenters. The van der Waals surface area contributed by atoms with Crippen LogP contribution in [0.1, 0.15) is 24.0 Å². The molecule has 1 aliphatic rings. The number of benzene rings is 2. The van der Waals surface area contributed by atoms with Gasteiger partial charge >= 0.3 is 0 Å². The molecule has 0 aromatic heterocycles. The molecule has 1 fully saturated rings. The largest absolute Gasteiger partial charge is 0.497 e. The van der Waals surface area contributed by atoms with E-state index in [0.29, 0.717) is 0 Å². The summed E-state index contributed by atoms with van der Waals surface area (Å²) in [6, 6.07) is 16.4. The highest BCUT2D eigenvalue weighted by Crippen LogP contribution is 2.35. The Morgan fingerprint density at radius 1 is 1.13 bits per heavy atom. The van der Waals surface area contributed by atoms with Crippen LogP contribution in [0, 0.1) is 0 Å². The molecule has 164 valence electrons. The smallest absolute Gasteiger partial charge is 0.191 e. The molecule has 7 heteroatoms. The number of hydrogen-bond acceptors (Lipinski definition) is 3.